The lowest BCUT2D eigenvalue weighted by Crippen LogP contribution is -2.62. The summed E-state index contributed by atoms with van der Waals surface area (Å²) in [5.41, 5.74) is 7.32. The fourth-order valence-electron chi connectivity index (χ4n) is 10.7. The molecule has 2 saturated heterocycles. The molecule has 0 aliphatic carbocycles. The highest BCUT2D eigenvalue weighted by Gasteiger charge is 2.37. The first-order valence-corrected chi connectivity index (χ1v) is 34.2. The molecular formula is C74H117N9O15. The summed E-state index contributed by atoms with van der Waals surface area (Å²) < 4.78 is 27.1. The average molecular weight is 1370 g/mol. The molecule has 2 aliphatic heterocycles. The van der Waals surface area contributed by atoms with Crippen LogP contribution in [0.15, 0.2) is 98.1 Å². The van der Waals surface area contributed by atoms with E-state index in [9.17, 15) is 43.2 Å². The molecule has 1 unspecified atom stereocenters. The number of hydrogen-bond acceptors (Lipinski definition) is 16. The van der Waals surface area contributed by atoms with E-state index in [-0.39, 0.29) is 83.7 Å². The molecular weight excluding hydrogens is 1250 g/mol. The largest absolute Gasteiger partial charge is 0.490 e. The topological polar surface area (TPSA) is 311 Å². The molecule has 24 nitrogen and oxygen atoms in total. The highest BCUT2D eigenvalue weighted by molar-refractivity contribution is 5.93. The van der Waals surface area contributed by atoms with Crippen molar-refractivity contribution in [3.8, 4) is 11.5 Å². The SMILES string of the molecule is C/C=C/C(OC)[C@@H](C)C(=O)O.C=CCOc1cccc([C@H](NC(=O)[C@@H]2CCCN(C(=O)[C@H](C)NC(=O)[C@@H](CC(=O)OC(C)(C)C)C(C)C)N2)C(C)C)c1.C=CCOc1cccc([C@H](NC(=O)[C@@H]2CCCN(C(=O)[C@H](C)NC(=O)[C@@H](NC(=O)[C@H](C)[C@@H](/C=C/C)OC)C(C)C)N2)C(C)C)c1. The maximum atomic E-state index is 13.4. The summed E-state index contributed by atoms with van der Waals surface area (Å²) in [6.45, 7) is 40.0. The maximum absolute atomic E-state index is 13.4. The summed E-state index contributed by atoms with van der Waals surface area (Å²) in [6.07, 6.45) is 12.0. The van der Waals surface area contributed by atoms with Crippen LogP contribution in [0.1, 0.15) is 173 Å². The van der Waals surface area contributed by atoms with Crippen LogP contribution in [0.5, 0.6) is 11.5 Å². The predicted molar refractivity (Wildman–Crippen MR) is 379 cm³/mol. The maximum Gasteiger partial charge on any atom is 0.309 e. The van der Waals surface area contributed by atoms with Crippen molar-refractivity contribution in [1.82, 2.24) is 47.5 Å². The number of ether oxygens (including phenoxy) is 5. The molecule has 0 aromatic heterocycles. The summed E-state index contributed by atoms with van der Waals surface area (Å²) in [5, 5.41) is 26.0. The first-order valence-electron chi connectivity index (χ1n) is 34.2. The number of carbonyl (C=O) groups excluding carboxylic acids is 8. The highest BCUT2D eigenvalue weighted by atomic mass is 16.6. The number of methoxy groups -OCH3 is 2. The highest BCUT2D eigenvalue weighted by Crippen LogP contribution is 2.28. The summed E-state index contributed by atoms with van der Waals surface area (Å²) >= 11 is 0. The number of aliphatic carboxylic acids is 1. The van der Waals surface area contributed by atoms with Gasteiger partial charge < -0.3 is 55.4 Å². The zero-order valence-corrected chi connectivity index (χ0v) is 61.7. The van der Waals surface area contributed by atoms with Crippen LogP contribution >= 0.6 is 0 Å². The quantitative estimate of drug-likeness (QED) is 0.0244. The van der Waals surface area contributed by atoms with Gasteiger partial charge in [-0.05, 0) is 140 Å². The van der Waals surface area contributed by atoms with Crippen LogP contribution < -0.4 is 46.9 Å². The van der Waals surface area contributed by atoms with Crippen molar-refractivity contribution in [2.75, 3.05) is 40.5 Å². The zero-order chi connectivity index (χ0) is 74.1. The number of nitrogens with zero attached hydrogens (tertiary/aromatic N) is 2. The van der Waals surface area contributed by atoms with E-state index in [4.69, 9.17) is 28.8 Å². The number of carboxylic acids is 1. The molecule has 0 saturated carbocycles. The van der Waals surface area contributed by atoms with Gasteiger partial charge in [0.1, 0.15) is 60.5 Å². The van der Waals surface area contributed by atoms with E-state index in [0.29, 0.717) is 63.5 Å². The number of benzene rings is 2. The lowest BCUT2D eigenvalue weighted by atomic mass is 9.91. The Labute approximate surface area is 582 Å². The molecule has 7 amide bonds. The van der Waals surface area contributed by atoms with Gasteiger partial charge in [0.2, 0.25) is 29.5 Å². The Morgan fingerprint density at radius 1 is 0.582 bits per heavy atom. The summed E-state index contributed by atoms with van der Waals surface area (Å²) in [5.74, 6) is -4.05. The molecule has 8 N–H and O–H groups in total. The van der Waals surface area contributed by atoms with E-state index in [1.54, 1.807) is 78.8 Å². The number of amides is 7. The Bertz CT molecular complexity index is 2960. The van der Waals surface area contributed by atoms with Crippen molar-refractivity contribution in [2.24, 2.45) is 41.4 Å². The second-order valence-electron chi connectivity index (χ2n) is 27.1. The van der Waals surface area contributed by atoms with Crippen LogP contribution in [0.25, 0.3) is 0 Å². The minimum Gasteiger partial charge on any atom is -0.490 e. The summed E-state index contributed by atoms with van der Waals surface area (Å²) in [4.78, 5) is 116. The van der Waals surface area contributed by atoms with Gasteiger partial charge in [-0.1, -0.05) is 136 Å². The van der Waals surface area contributed by atoms with Gasteiger partial charge in [0.05, 0.1) is 48.5 Å². The van der Waals surface area contributed by atoms with Crippen molar-refractivity contribution in [1.29, 1.82) is 0 Å². The predicted octanol–water partition coefficient (Wildman–Crippen LogP) is 8.80. The second kappa shape index (κ2) is 43.5. The standard InChI is InChI=1S/C34H53N5O6.C32H50N4O6.C8H14O3/c1-10-14-28(44-9)23(7)31(40)37-30(22(5)6)33(42)35-24(8)34(43)39-18-13-17-27(38-39)32(41)36-29(21(3)4)25-15-12-16-26(20-25)45-19-11-2;1-10-17-41-24-14-11-13-23(18-24)28(21(4)5)34-30(39)26-15-12-16-36(35-26)31(40)22(6)33-29(38)25(20(2)3)19-27(37)42-32(7,8)9;1-4-5-7(11-3)6(2)8(9)10/h10-12,14-16,20-24,27-30,38H,2,13,17-19H2,1,3-9H3,(H,35,42)(H,36,41)(H,37,40);10-11,13-14,18,20-22,25-26,28,35H,1,12,15-17,19H2,2-9H3,(H,33,38)(H,34,39);4-7H,1-3H3,(H,9,10)/b14-10+;;5-4+/t23-,24+,27+,28-,29-,30+;22-,25-,26-,28+;6-,7?/m101/s1. The molecule has 2 heterocycles. The Morgan fingerprint density at radius 3 is 1.36 bits per heavy atom. The smallest absolute Gasteiger partial charge is 0.309 e. The average Bonchev–Trinajstić information content (AvgIpc) is 0.841. The first kappa shape index (κ1) is 86.2. The fourth-order valence-corrected chi connectivity index (χ4v) is 10.7. The van der Waals surface area contributed by atoms with E-state index in [1.807, 2.05) is 124 Å². The first-order chi connectivity index (χ1) is 46.1. The van der Waals surface area contributed by atoms with E-state index in [0.717, 1.165) is 11.1 Å². The molecule has 12 atom stereocenters. The number of carboxylic acid groups (broad SMARTS) is 1. The Kier molecular flexibility index (Phi) is 38.2. The monoisotopic (exact) mass is 1370 g/mol. The lowest BCUT2D eigenvalue weighted by Gasteiger charge is -2.36. The third-order valence-corrected chi connectivity index (χ3v) is 16.4. The molecule has 24 heteroatoms. The van der Waals surface area contributed by atoms with Gasteiger partial charge >= 0.3 is 11.9 Å². The molecule has 548 valence electrons. The van der Waals surface area contributed by atoms with Crippen molar-refractivity contribution < 1.29 is 71.9 Å². The minimum atomic E-state index is -0.890. The van der Waals surface area contributed by atoms with Crippen LogP contribution in [-0.2, 0) is 57.4 Å². The number of carbonyl (C=O) groups is 9. The third kappa shape index (κ3) is 29.3. The van der Waals surface area contributed by atoms with Gasteiger partial charge in [-0.2, -0.15) is 0 Å². The summed E-state index contributed by atoms with van der Waals surface area (Å²) in [6, 6.07) is 10.9. The Balaban J connectivity index is 0.000000578. The minimum absolute atomic E-state index is 0.0772. The number of hydrazine groups is 2. The van der Waals surface area contributed by atoms with E-state index in [2.05, 4.69) is 50.6 Å². The Hall–Kier alpha value is -7.93. The lowest BCUT2D eigenvalue weighted by molar-refractivity contribution is -0.158. The molecule has 0 radical (unpaired) electrons. The number of nitrogens with one attached hydrogen (secondary N) is 7. The molecule has 4 rings (SSSR count). The molecule has 0 bridgehead atoms. The van der Waals surface area contributed by atoms with Gasteiger partial charge in [-0.15, -0.1) is 0 Å². The van der Waals surface area contributed by atoms with Gasteiger partial charge in [-0.3, -0.25) is 53.2 Å². The number of hydrogen-bond donors (Lipinski definition) is 8. The van der Waals surface area contributed by atoms with Gasteiger partial charge in [0.15, 0.2) is 0 Å². The molecule has 2 fully saturated rings. The van der Waals surface area contributed by atoms with Gasteiger partial charge in [0.25, 0.3) is 11.8 Å². The van der Waals surface area contributed by atoms with Gasteiger partial charge in [-0.25, -0.2) is 10.9 Å². The molecule has 2 aromatic rings. The molecule has 98 heavy (non-hydrogen) atoms. The molecule has 2 aliphatic rings. The van der Waals surface area contributed by atoms with Crippen LogP contribution in [-0.4, -0.2) is 157 Å². The third-order valence-electron chi connectivity index (χ3n) is 16.4. The fraction of sp³-hybridized carbons (Fsp3) is 0.608. The summed E-state index contributed by atoms with van der Waals surface area (Å²) in [7, 11) is 3.03. The van der Waals surface area contributed by atoms with Gasteiger partial charge in [0, 0.05) is 27.3 Å². The van der Waals surface area contributed by atoms with E-state index >= 15 is 0 Å². The number of allylic oxidation sites excluding steroid dienone is 2. The Morgan fingerprint density at radius 2 is 1.00 bits per heavy atom. The van der Waals surface area contributed by atoms with Crippen molar-refractivity contribution in [3.05, 3.63) is 109 Å². The van der Waals surface area contributed by atoms with E-state index in [1.165, 1.54) is 24.2 Å². The van der Waals surface area contributed by atoms with Crippen molar-refractivity contribution in [2.45, 2.75) is 210 Å². The van der Waals surface area contributed by atoms with Crippen molar-refractivity contribution >= 4 is 53.3 Å². The molecule has 2 aromatic carbocycles. The molecule has 0 spiro atoms. The van der Waals surface area contributed by atoms with Crippen LogP contribution in [0.3, 0.4) is 0 Å². The number of esters is 1. The van der Waals surface area contributed by atoms with E-state index < -0.39 is 77.5 Å². The zero-order valence-electron chi connectivity index (χ0n) is 61.7. The number of rotatable bonds is 33. The van der Waals surface area contributed by atoms with Crippen molar-refractivity contribution in [3.63, 3.8) is 0 Å². The van der Waals surface area contributed by atoms with Crippen LogP contribution in [0.2, 0.25) is 0 Å². The van der Waals surface area contributed by atoms with Crippen LogP contribution in [0.4, 0.5) is 0 Å². The van der Waals surface area contributed by atoms with Crippen LogP contribution in [0, 0.1) is 41.4 Å². The normalized spacial score (nSPS) is 17.9. The second-order valence-corrected chi connectivity index (χ2v) is 27.1.